The number of rotatable bonds is 6. The molecule has 0 aliphatic carbocycles. The number of nitrogens with one attached hydrogen (secondary N) is 1. The van der Waals surface area contributed by atoms with Crippen LogP contribution in [0.15, 0.2) is 53.4 Å². The third-order valence-corrected chi connectivity index (χ3v) is 3.84. The van der Waals surface area contributed by atoms with E-state index >= 15 is 0 Å². The van der Waals surface area contributed by atoms with Crippen LogP contribution in [0.25, 0.3) is 0 Å². The van der Waals surface area contributed by atoms with E-state index < -0.39 is 24.3 Å². The van der Waals surface area contributed by atoms with Gasteiger partial charge in [0.15, 0.2) is 6.61 Å². The minimum atomic E-state index is -0.621. The summed E-state index contributed by atoms with van der Waals surface area (Å²) in [6, 6.07) is 14.4. The molecule has 0 aliphatic heterocycles. The third kappa shape index (κ3) is 5.41. The van der Waals surface area contributed by atoms with Crippen molar-refractivity contribution in [2.24, 2.45) is 0 Å². The van der Waals surface area contributed by atoms with Gasteiger partial charge < -0.3 is 10.1 Å². The minimum Gasteiger partial charge on any atom is -0.455 e. The van der Waals surface area contributed by atoms with Crippen molar-refractivity contribution < 1.29 is 18.7 Å². The normalized spacial score (nSPS) is 9.83. The largest absolute Gasteiger partial charge is 0.455 e. The number of ether oxygens (including phenoxy) is 1. The number of amides is 1. The molecule has 2 aromatic carbocycles. The van der Waals surface area contributed by atoms with Crippen LogP contribution in [0.2, 0.25) is 0 Å². The lowest BCUT2D eigenvalue weighted by Crippen LogP contribution is -2.21. The maximum absolute atomic E-state index is 13.4. The number of anilines is 1. The standard InChI is InChI=1S/C17H13FN2O3S/c18-14-6-1-2-7-15(14)24-11-17(22)23-10-16(21)20-13-5-3-4-12(8-13)9-19/h1-8H,10-11H2,(H,20,21). The Hall–Kier alpha value is -2.85. The van der Waals surface area contributed by atoms with Gasteiger partial charge in [-0.2, -0.15) is 5.26 Å². The minimum absolute atomic E-state index is 0.0991. The van der Waals surface area contributed by atoms with E-state index in [4.69, 9.17) is 10.00 Å². The third-order valence-electron chi connectivity index (χ3n) is 2.82. The van der Waals surface area contributed by atoms with E-state index in [0.717, 1.165) is 11.8 Å². The van der Waals surface area contributed by atoms with Crippen molar-refractivity contribution in [2.45, 2.75) is 4.90 Å². The number of halogens is 1. The number of carbonyl (C=O) groups excluding carboxylic acids is 2. The Morgan fingerprint density at radius 3 is 2.75 bits per heavy atom. The number of thioether (sulfide) groups is 1. The van der Waals surface area contributed by atoms with Crippen LogP contribution in [0.1, 0.15) is 5.56 Å². The molecular formula is C17H13FN2O3S. The van der Waals surface area contributed by atoms with Crippen LogP contribution in [-0.2, 0) is 14.3 Å². The molecule has 2 rings (SSSR count). The highest BCUT2D eigenvalue weighted by molar-refractivity contribution is 8.00. The highest BCUT2D eigenvalue weighted by Crippen LogP contribution is 2.21. The molecule has 0 saturated heterocycles. The van der Waals surface area contributed by atoms with Gasteiger partial charge in [0, 0.05) is 10.6 Å². The van der Waals surface area contributed by atoms with E-state index in [2.05, 4.69) is 5.32 Å². The summed E-state index contributed by atoms with van der Waals surface area (Å²) in [6.07, 6.45) is 0. The van der Waals surface area contributed by atoms with Crippen molar-refractivity contribution in [1.29, 1.82) is 5.26 Å². The number of hydrogen-bond donors (Lipinski definition) is 1. The monoisotopic (exact) mass is 344 g/mol. The summed E-state index contributed by atoms with van der Waals surface area (Å²) >= 11 is 0.998. The molecule has 0 radical (unpaired) electrons. The van der Waals surface area contributed by atoms with Gasteiger partial charge in [0.1, 0.15) is 5.82 Å². The first-order chi connectivity index (χ1) is 11.6. The van der Waals surface area contributed by atoms with Crippen LogP contribution < -0.4 is 5.32 Å². The van der Waals surface area contributed by atoms with Gasteiger partial charge in [-0.25, -0.2) is 4.39 Å². The first kappa shape index (κ1) is 17.5. The molecule has 0 saturated carbocycles. The molecule has 2 aromatic rings. The van der Waals surface area contributed by atoms with Gasteiger partial charge >= 0.3 is 5.97 Å². The summed E-state index contributed by atoms with van der Waals surface area (Å²) < 4.78 is 18.2. The smallest absolute Gasteiger partial charge is 0.316 e. The number of carbonyl (C=O) groups is 2. The predicted octanol–water partition coefficient (Wildman–Crippen LogP) is 2.97. The molecule has 0 aliphatic rings. The topological polar surface area (TPSA) is 79.2 Å². The Morgan fingerprint density at radius 2 is 2.00 bits per heavy atom. The lowest BCUT2D eigenvalue weighted by Gasteiger charge is -2.07. The van der Waals surface area contributed by atoms with Crippen molar-refractivity contribution in [3.8, 4) is 6.07 Å². The molecule has 0 aromatic heterocycles. The fraction of sp³-hybridized carbons (Fsp3) is 0.118. The highest BCUT2D eigenvalue weighted by atomic mass is 32.2. The molecule has 24 heavy (non-hydrogen) atoms. The number of esters is 1. The molecule has 1 N–H and O–H groups in total. The van der Waals surface area contributed by atoms with E-state index in [1.54, 1.807) is 36.4 Å². The van der Waals surface area contributed by atoms with E-state index in [-0.39, 0.29) is 5.75 Å². The second-order valence-corrected chi connectivity index (χ2v) is 5.64. The summed E-state index contributed by atoms with van der Waals surface area (Å²) in [7, 11) is 0. The molecule has 5 nitrogen and oxygen atoms in total. The fourth-order valence-electron chi connectivity index (χ4n) is 1.75. The summed E-state index contributed by atoms with van der Waals surface area (Å²) in [4.78, 5) is 23.6. The average Bonchev–Trinajstić information content (AvgIpc) is 2.59. The predicted molar refractivity (Wildman–Crippen MR) is 87.9 cm³/mol. The number of benzene rings is 2. The zero-order valence-electron chi connectivity index (χ0n) is 12.5. The molecule has 1 amide bonds. The molecule has 0 unspecified atom stereocenters. The average molecular weight is 344 g/mol. The van der Waals surface area contributed by atoms with Gasteiger partial charge in [0.25, 0.3) is 5.91 Å². The zero-order chi connectivity index (χ0) is 17.4. The van der Waals surface area contributed by atoms with Crippen LogP contribution >= 0.6 is 11.8 Å². The maximum atomic E-state index is 13.4. The summed E-state index contributed by atoms with van der Waals surface area (Å²) in [5.41, 5.74) is 0.849. The van der Waals surface area contributed by atoms with Gasteiger partial charge in [-0.05, 0) is 30.3 Å². The van der Waals surface area contributed by atoms with Crippen LogP contribution in [0.4, 0.5) is 10.1 Å². The van der Waals surface area contributed by atoms with E-state index in [0.29, 0.717) is 16.1 Å². The summed E-state index contributed by atoms with van der Waals surface area (Å²) in [6.45, 7) is -0.451. The Labute approximate surface area is 142 Å². The molecule has 0 spiro atoms. The number of nitriles is 1. The van der Waals surface area contributed by atoms with Crippen LogP contribution in [0.5, 0.6) is 0 Å². The molecule has 0 fully saturated rings. The quantitative estimate of drug-likeness (QED) is 0.644. The van der Waals surface area contributed by atoms with Crippen molar-refractivity contribution in [3.63, 3.8) is 0 Å². The molecule has 7 heteroatoms. The van der Waals surface area contributed by atoms with Gasteiger partial charge in [-0.1, -0.05) is 18.2 Å². The SMILES string of the molecule is N#Cc1cccc(NC(=O)COC(=O)CSc2ccccc2F)c1. The number of nitrogens with zero attached hydrogens (tertiary/aromatic N) is 1. The molecule has 0 atom stereocenters. The van der Waals surface area contributed by atoms with E-state index in [9.17, 15) is 14.0 Å². The van der Waals surface area contributed by atoms with Gasteiger partial charge in [0.2, 0.25) is 0 Å². The van der Waals surface area contributed by atoms with Crippen LogP contribution in [0, 0.1) is 17.1 Å². The van der Waals surface area contributed by atoms with Crippen LogP contribution in [-0.4, -0.2) is 24.2 Å². The Bertz CT molecular complexity index is 789. The molecule has 0 bridgehead atoms. The highest BCUT2D eigenvalue weighted by Gasteiger charge is 2.10. The molecule has 0 heterocycles. The van der Waals surface area contributed by atoms with Crippen molar-refractivity contribution in [1.82, 2.24) is 0 Å². The lowest BCUT2D eigenvalue weighted by molar-refractivity contribution is -0.144. The number of hydrogen-bond acceptors (Lipinski definition) is 5. The Morgan fingerprint density at radius 1 is 1.21 bits per heavy atom. The van der Waals surface area contributed by atoms with Gasteiger partial charge in [0.05, 0.1) is 17.4 Å². The second-order valence-electron chi connectivity index (χ2n) is 4.62. The van der Waals surface area contributed by atoms with Crippen molar-refractivity contribution >= 4 is 29.3 Å². The maximum Gasteiger partial charge on any atom is 0.316 e. The van der Waals surface area contributed by atoms with E-state index in [1.807, 2.05) is 6.07 Å². The van der Waals surface area contributed by atoms with Crippen molar-refractivity contribution in [2.75, 3.05) is 17.7 Å². The first-order valence-corrected chi connectivity index (χ1v) is 7.90. The lowest BCUT2D eigenvalue weighted by atomic mass is 10.2. The fourth-order valence-corrected chi connectivity index (χ4v) is 2.49. The van der Waals surface area contributed by atoms with E-state index in [1.165, 1.54) is 12.1 Å². The van der Waals surface area contributed by atoms with Crippen molar-refractivity contribution in [3.05, 3.63) is 59.9 Å². The zero-order valence-corrected chi connectivity index (χ0v) is 13.3. The van der Waals surface area contributed by atoms with Gasteiger partial charge in [-0.15, -0.1) is 11.8 Å². The molecule has 122 valence electrons. The molecular weight excluding hydrogens is 331 g/mol. The Kier molecular flexibility index (Phi) is 6.34. The Balaban J connectivity index is 1.76. The van der Waals surface area contributed by atoms with Crippen LogP contribution in [0.3, 0.4) is 0 Å². The first-order valence-electron chi connectivity index (χ1n) is 6.91. The summed E-state index contributed by atoms with van der Waals surface area (Å²) in [5, 5.41) is 11.3. The summed E-state index contributed by atoms with van der Waals surface area (Å²) in [5.74, 6) is -1.65. The second kappa shape index (κ2) is 8.70. The van der Waals surface area contributed by atoms with Gasteiger partial charge in [-0.3, -0.25) is 9.59 Å².